The van der Waals surface area contributed by atoms with Gasteiger partial charge in [-0.05, 0) is 230 Å². The van der Waals surface area contributed by atoms with Crippen LogP contribution in [0, 0.1) is 24.4 Å². The van der Waals surface area contributed by atoms with E-state index < -0.39 is 17.9 Å². The Morgan fingerprint density at radius 1 is 0.312 bits per heavy atom. The first kappa shape index (κ1) is 79.4. The van der Waals surface area contributed by atoms with Crippen LogP contribution >= 0.6 is 90.4 Å². The zero-order valence-electron chi connectivity index (χ0n) is 58.1. The molecule has 4 heterocycles. The summed E-state index contributed by atoms with van der Waals surface area (Å²) < 4.78 is 22.5. The van der Waals surface area contributed by atoms with Gasteiger partial charge in [-0.15, -0.1) is 5.34 Å². The van der Waals surface area contributed by atoms with Crippen LogP contribution in [0.4, 0.5) is 11.4 Å². The predicted molar refractivity (Wildman–Crippen MR) is 462 cm³/mol. The van der Waals surface area contributed by atoms with Crippen LogP contribution in [0.5, 0.6) is 0 Å². The summed E-state index contributed by atoms with van der Waals surface area (Å²) in [5, 5.41) is 45.5. The topological polar surface area (TPSA) is 289 Å². The number of hydrogen-bond acceptors (Lipinski definition) is 12. The van der Waals surface area contributed by atoms with Gasteiger partial charge in [-0.25, -0.2) is 24.0 Å². The van der Waals surface area contributed by atoms with Crippen molar-refractivity contribution in [1.29, 1.82) is 0 Å². The van der Waals surface area contributed by atoms with Crippen LogP contribution in [0.1, 0.15) is 51.8 Å². The number of carbonyl (C=O) groups is 5. The third-order valence-electron chi connectivity index (χ3n) is 17.4. The van der Waals surface area contributed by atoms with Crippen LogP contribution in [0.2, 0.25) is 0 Å². The Morgan fingerprint density at radius 3 is 0.716 bits per heavy atom. The largest absolute Gasteiger partial charge is 1.00 e. The molecule has 0 radical (unpaired) electrons. The molecule has 17 rings (SSSR count). The summed E-state index contributed by atoms with van der Waals surface area (Å²) >= 11 is 8.53. The minimum Gasteiger partial charge on any atom is -0.478 e. The summed E-state index contributed by atoms with van der Waals surface area (Å²) in [7, 11) is 2.81. The minimum atomic E-state index is -1.02. The SMILES string of the molecule is COC(=O)c1cc(-n2c3ccccc3c3ccccc32)cc(-n2c3ccccc3c3ccccc32)c1.COC(=O)c1cc(I)cc(I)c1.Nc1cc(N)cc(C(=O)O)c1.O=C(O)c1cc(-n2c3ccccc3c3ccccc32)cc(-n2c3ccccc3c3ccccc32)c1.O=C(O)c1cc(I)cc(I)c1.O=N[O-].[Na+]. The zero-order valence-corrected chi connectivity index (χ0v) is 68.7. The maximum Gasteiger partial charge on any atom is 1.00 e. The van der Waals surface area contributed by atoms with Crippen LogP contribution in [-0.2, 0) is 9.47 Å². The van der Waals surface area contributed by atoms with E-state index in [2.05, 4.69) is 271 Å². The van der Waals surface area contributed by atoms with Crippen LogP contribution in [0.25, 0.3) is 110 Å². The number of carboxylic acid groups (broad SMARTS) is 3. The number of para-hydroxylation sites is 8. The van der Waals surface area contributed by atoms with Crippen molar-refractivity contribution in [3.05, 3.63) is 337 Å². The second kappa shape index (κ2) is 35.6. The molecule has 4 aromatic heterocycles. The second-order valence-corrected chi connectivity index (χ2v) is 29.1. The molecule has 17 aromatic rings. The molecule has 0 aliphatic carbocycles. The number of nitrogens with zero attached hydrogens (tertiary/aromatic N) is 5. The normalized spacial score (nSPS) is 10.7. The number of benzene rings is 13. The van der Waals surface area contributed by atoms with Crippen molar-refractivity contribution in [2.24, 2.45) is 5.34 Å². The van der Waals surface area contributed by atoms with E-state index in [9.17, 15) is 29.1 Å². The van der Waals surface area contributed by atoms with E-state index in [0.717, 1.165) is 108 Å². The van der Waals surface area contributed by atoms with Gasteiger partial charge < -0.3 is 64.6 Å². The Kier molecular flexibility index (Phi) is 25.9. The molecule has 109 heavy (non-hydrogen) atoms. The van der Waals surface area contributed by atoms with Gasteiger partial charge in [0.05, 0.1) is 86.2 Å². The van der Waals surface area contributed by atoms with Crippen molar-refractivity contribution < 1.29 is 78.3 Å². The fourth-order valence-corrected chi connectivity index (χ4v) is 17.0. The number of nitrogens with two attached hydrogens (primary N) is 2. The Bertz CT molecular complexity index is 5770. The molecule has 536 valence electrons. The van der Waals surface area contributed by atoms with Crippen LogP contribution in [-0.4, -0.2) is 77.7 Å². The molecule has 0 saturated carbocycles. The molecule has 0 spiro atoms. The van der Waals surface area contributed by atoms with Crippen LogP contribution in [0.15, 0.2) is 290 Å². The Balaban J connectivity index is 0.000000148. The number of rotatable bonds is 9. The first-order valence-corrected chi connectivity index (χ1v) is 37.1. The number of ether oxygens (including phenoxy) is 2. The third-order valence-corrected chi connectivity index (χ3v) is 19.9. The van der Waals surface area contributed by atoms with E-state index in [1.165, 1.54) is 54.0 Å². The molecular formula is C85H60I4N7NaO12. The molecule has 0 fully saturated rings. The number of carboxylic acids is 3. The van der Waals surface area contributed by atoms with E-state index in [1.54, 1.807) is 36.4 Å². The van der Waals surface area contributed by atoms with E-state index in [-0.39, 0.29) is 52.6 Å². The van der Waals surface area contributed by atoms with E-state index in [4.69, 9.17) is 36.5 Å². The van der Waals surface area contributed by atoms with Crippen molar-refractivity contribution in [2.75, 3.05) is 25.7 Å². The average Bonchev–Trinajstić information content (AvgIpc) is 1.59. The number of anilines is 2. The van der Waals surface area contributed by atoms with E-state index in [1.807, 2.05) is 72.8 Å². The number of nitrogen functional groups attached to an aromatic ring is 2. The standard InChI is InChI=1S/C32H22N2O2.C31H20N2O2.C8H6I2O2.C7H4I2O2.C7H8N2O2.HNO2.Na/c1-36-32(35)21-18-22(33-28-14-6-2-10-24(28)25-11-3-7-15-29(25)33)20-23(19-21)34-30-16-8-4-12-26(30)27-13-5-9-17-31(27)34;34-31(35)20-17-21(32-27-13-5-1-9-23(27)24-10-2-6-14-28(24)32)19-22(18-20)33-29-15-7-3-11-25(29)26-12-4-8-16-30(26)33;1-12-8(11)5-2-6(9)4-7(10)3-5;2*8-5-1-4(7(10)11)2-6(9)3-5;2-1-3;/h2-20H,1H3;1-19H,(H,34,35);2-4H,1H3;1-3H,(H,10,11);1-3H,8-9H2,(H,10,11);(H,2,3);/q;;;;;;+1/p-1. The van der Waals surface area contributed by atoms with E-state index in [0.29, 0.717) is 28.1 Å². The number of carbonyl (C=O) groups excluding carboxylic acids is 2. The molecule has 0 aliphatic rings. The van der Waals surface area contributed by atoms with Crippen LogP contribution < -0.4 is 41.0 Å². The number of esters is 2. The van der Waals surface area contributed by atoms with Crippen molar-refractivity contribution in [2.45, 2.75) is 0 Å². The maximum atomic E-state index is 12.9. The molecule has 0 saturated heterocycles. The summed E-state index contributed by atoms with van der Waals surface area (Å²) in [4.78, 5) is 65.1. The Labute approximate surface area is 699 Å². The monoisotopic (exact) mass is 1900 g/mol. The van der Waals surface area contributed by atoms with Gasteiger partial charge in [-0.1, -0.05) is 146 Å². The Hall–Kier alpha value is -10.7. The molecule has 19 nitrogen and oxygen atoms in total. The number of halogens is 4. The molecule has 0 atom stereocenters. The predicted octanol–water partition coefficient (Wildman–Crippen LogP) is 18.3. The summed E-state index contributed by atoms with van der Waals surface area (Å²) in [5.74, 6) is -3.49. The maximum absolute atomic E-state index is 12.9. The number of aromatic carboxylic acids is 3. The number of aromatic nitrogens is 4. The summed E-state index contributed by atoms with van der Waals surface area (Å²) in [6, 6.07) is 93.2. The van der Waals surface area contributed by atoms with Gasteiger partial charge in [0.1, 0.15) is 0 Å². The second-order valence-electron chi connectivity index (χ2n) is 24.1. The molecule has 0 amide bonds. The average molecular weight is 1900 g/mol. The van der Waals surface area contributed by atoms with Crippen molar-refractivity contribution in [1.82, 2.24) is 18.3 Å². The van der Waals surface area contributed by atoms with Gasteiger partial charge in [-0.3, -0.25) is 0 Å². The van der Waals surface area contributed by atoms with Gasteiger partial charge in [0, 0.05) is 91.5 Å². The smallest absolute Gasteiger partial charge is 0.478 e. The number of hydrogen-bond donors (Lipinski definition) is 5. The van der Waals surface area contributed by atoms with Crippen molar-refractivity contribution in [3.63, 3.8) is 0 Å². The third kappa shape index (κ3) is 17.4. The Morgan fingerprint density at radius 2 is 0.495 bits per heavy atom. The summed E-state index contributed by atoms with van der Waals surface area (Å²) in [5.41, 5.74) is 25.3. The van der Waals surface area contributed by atoms with Crippen LogP contribution in [0.3, 0.4) is 0 Å². The molecule has 0 unspecified atom stereocenters. The van der Waals surface area contributed by atoms with E-state index >= 15 is 0 Å². The fourth-order valence-electron chi connectivity index (χ4n) is 13.1. The molecule has 0 bridgehead atoms. The van der Waals surface area contributed by atoms with Gasteiger partial charge in [0.2, 0.25) is 0 Å². The fraction of sp³-hybridized carbons (Fsp3) is 0.0235. The first-order chi connectivity index (χ1) is 52.2. The van der Waals surface area contributed by atoms with Crippen molar-refractivity contribution in [3.8, 4) is 22.7 Å². The van der Waals surface area contributed by atoms with Gasteiger partial charge in [0.25, 0.3) is 0 Å². The van der Waals surface area contributed by atoms with Crippen molar-refractivity contribution >= 4 is 219 Å². The quantitative estimate of drug-likeness (QED) is 0.0224. The molecule has 24 heteroatoms. The van der Waals surface area contributed by atoms with Gasteiger partial charge >= 0.3 is 59.4 Å². The van der Waals surface area contributed by atoms with Gasteiger partial charge in [-0.2, -0.15) is 0 Å². The first-order valence-electron chi connectivity index (χ1n) is 32.8. The number of fused-ring (bicyclic) bond motifs is 12. The molecular weight excluding hydrogens is 1840 g/mol. The molecule has 7 N–H and O–H groups in total. The zero-order chi connectivity index (χ0) is 76.4. The minimum absolute atomic E-state index is 0. The molecule has 13 aromatic carbocycles. The molecule has 0 aliphatic heterocycles. The summed E-state index contributed by atoms with van der Waals surface area (Å²) in [6.07, 6.45) is 0. The van der Waals surface area contributed by atoms with Gasteiger partial charge in [0.15, 0.2) is 0 Å². The summed E-state index contributed by atoms with van der Waals surface area (Å²) in [6.45, 7) is 0. The number of methoxy groups -OCH3 is 2.